The Kier molecular flexibility index (Phi) is 5.26. The Morgan fingerprint density at radius 1 is 1.05 bits per heavy atom. The van der Waals surface area contributed by atoms with Crippen LogP contribution < -0.4 is 5.32 Å². The van der Waals surface area contributed by atoms with Gasteiger partial charge in [-0.3, -0.25) is 0 Å². The topological polar surface area (TPSA) is 12.0 Å². The van der Waals surface area contributed by atoms with Crippen LogP contribution in [0.15, 0.2) is 36.4 Å². The first-order valence-corrected chi connectivity index (χ1v) is 7.02. The number of nitrogens with one attached hydrogen (secondary N) is 1. The standard InChI is InChI=1S/C16H15ClF3N/c1-2-21-14(11-6-4-7-12(17)16(11)20)9-10-5-3-8-13(18)15(10)19/h3-8,14,21H,2,9H2,1H3. The summed E-state index contributed by atoms with van der Waals surface area (Å²) in [6, 6.07) is 8.17. The maximum Gasteiger partial charge on any atom is 0.162 e. The highest BCUT2D eigenvalue weighted by Gasteiger charge is 2.19. The van der Waals surface area contributed by atoms with Gasteiger partial charge in [-0.05, 0) is 30.7 Å². The minimum absolute atomic E-state index is 0.00937. The Morgan fingerprint density at radius 2 is 1.76 bits per heavy atom. The average molecular weight is 314 g/mol. The number of halogens is 4. The van der Waals surface area contributed by atoms with Gasteiger partial charge in [0, 0.05) is 11.6 Å². The van der Waals surface area contributed by atoms with Crippen molar-refractivity contribution in [3.8, 4) is 0 Å². The van der Waals surface area contributed by atoms with E-state index in [4.69, 9.17) is 11.6 Å². The van der Waals surface area contributed by atoms with Crippen molar-refractivity contribution in [2.45, 2.75) is 19.4 Å². The third-order valence-electron chi connectivity index (χ3n) is 3.26. The van der Waals surface area contributed by atoms with E-state index in [9.17, 15) is 13.2 Å². The molecule has 112 valence electrons. The van der Waals surface area contributed by atoms with Crippen LogP contribution in [0.1, 0.15) is 24.1 Å². The third kappa shape index (κ3) is 3.57. The molecule has 1 N–H and O–H groups in total. The van der Waals surface area contributed by atoms with Crippen LogP contribution in [0.25, 0.3) is 0 Å². The van der Waals surface area contributed by atoms with Crippen molar-refractivity contribution in [2.75, 3.05) is 6.54 Å². The molecular formula is C16H15ClF3N. The zero-order valence-corrected chi connectivity index (χ0v) is 12.2. The van der Waals surface area contributed by atoms with Gasteiger partial charge < -0.3 is 5.32 Å². The fourth-order valence-corrected chi connectivity index (χ4v) is 2.44. The first-order valence-electron chi connectivity index (χ1n) is 6.64. The predicted molar refractivity (Wildman–Crippen MR) is 77.9 cm³/mol. The first kappa shape index (κ1) is 15.9. The average Bonchev–Trinajstić information content (AvgIpc) is 2.46. The summed E-state index contributed by atoms with van der Waals surface area (Å²) < 4.78 is 41.2. The number of hydrogen-bond acceptors (Lipinski definition) is 1. The van der Waals surface area contributed by atoms with Gasteiger partial charge >= 0.3 is 0 Å². The molecule has 0 aliphatic carbocycles. The van der Waals surface area contributed by atoms with Crippen molar-refractivity contribution >= 4 is 11.6 Å². The quantitative estimate of drug-likeness (QED) is 0.847. The van der Waals surface area contributed by atoms with Crippen molar-refractivity contribution in [1.82, 2.24) is 5.32 Å². The third-order valence-corrected chi connectivity index (χ3v) is 3.55. The van der Waals surface area contributed by atoms with Gasteiger partial charge in [0.2, 0.25) is 0 Å². The summed E-state index contributed by atoms with van der Waals surface area (Å²) in [5.41, 5.74) is 0.535. The molecule has 0 saturated carbocycles. The molecule has 5 heteroatoms. The number of hydrogen-bond donors (Lipinski definition) is 1. The van der Waals surface area contributed by atoms with Crippen molar-refractivity contribution in [2.24, 2.45) is 0 Å². The molecule has 0 spiro atoms. The molecule has 2 rings (SSSR count). The molecule has 0 fully saturated rings. The second kappa shape index (κ2) is 6.96. The summed E-state index contributed by atoms with van der Waals surface area (Å²) in [5, 5.41) is 3.08. The largest absolute Gasteiger partial charge is 0.310 e. The van der Waals surface area contributed by atoms with Crippen LogP contribution in [0.2, 0.25) is 5.02 Å². The Balaban J connectivity index is 2.35. The monoisotopic (exact) mass is 313 g/mol. The molecule has 21 heavy (non-hydrogen) atoms. The Hall–Kier alpha value is -1.52. The van der Waals surface area contributed by atoms with Crippen LogP contribution in [-0.4, -0.2) is 6.54 Å². The number of rotatable bonds is 5. The zero-order valence-electron chi connectivity index (χ0n) is 11.5. The van der Waals surface area contributed by atoms with E-state index in [0.717, 1.165) is 6.07 Å². The van der Waals surface area contributed by atoms with Gasteiger partial charge in [0.15, 0.2) is 11.6 Å². The van der Waals surface area contributed by atoms with Crippen LogP contribution >= 0.6 is 11.6 Å². The lowest BCUT2D eigenvalue weighted by Crippen LogP contribution is -2.24. The van der Waals surface area contributed by atoms with Crippen LogP contribution in [0.3, 0.4) is 0 Å². The molecule has 0 bridgehead atoms. The molecular weight excluding hydrogens is 299 g/mol. The van der Waals surface area contributed by atoms with Crippen molar-refractivity contribution in [3.63, 3.8) is 0 Å². The second-order valence-corrected chi connectivity index (χ2v) is 5.08. The van der Waals surface area contributed by atoms with E-state index in [2.05, 4.69) is 5.32 Å². The lowest BCUT2D eigenvalue weighted by molar-refractivity contribution is 0.472. The highest BCUT2D eigenvalue weighted by Crippen LogP contribution is 2.27. The van der Waals surface area contributed by atoms with Crippen LogP contribution in [0.4, 0.5) is 13.2 Å². The van der Waals surface area contributed by atoms with Gasteiger partial charge in [0.05, 0.1) is 5.02 Å². The Labute approximate surface area is 126 Å². The van der Waals surface area contributed by atoms with E-state index in [1.54, 1.807) is 12.1 Å². The van der Waals surface area contributed by atoms with Crippen LogP contribution in [-0.2, 0) is 6.42 Å². The second-order valence-electron chi connectivity index (χ2n) is 4.67. The fourth-order valence-electron chi connectivity index (χ4n) is 2.25. The van der Waals surface area contributed by atoms with E-state index in [1.165, 1.54) is 18.2 Å². The minimum atomic E-state index is -0.908. The summed E-state index contributed by atoms with van der Waals surface area (Å²) in [6.45, 7) is 2.42. The van der Waals surface area contributed by atoms with E-state index < -0.39 is 23.5 Å². The molecule has 2 aromatic carbocycles. The van der Waals surface area contributed by atoms with Gasteiger partial charge in [-0.15, -0.1) is 0 Å². The van der Waals surface area contributed by atoms with Crippen molar-refractivity contribution in [1.29, 1.82) is 0 Å². The summed E-state index contributed by atoms with van der Waals surface area (Å²) in [4.78, 5) is 0. The van der Waals surface area contributed by atoms with E-state index in [1.807, 2.05) is 6.92 Å². The summed E-state index contributed by atoms with van der Waals surface area (Å²) in [5.74, 6) is -2.35. The molecule has 1 atom stereocenters. The molecule has 0 heterocycles. The Bertz CT molecular complexity index is 631. The molecule has 0 aliphatic rings. The maximum absolute atomic E-state index is 14.1. The normalized spacial score (nSPS) is 12.4. The van der Waals surface area contributed by atoms with Gasteiger partial charge in [-0.2, -0.15) is 0 Å². The lowest BCUT2D eigenvalue weighted by atomic mass is 9.98. The molecule has 0 radical (unpaired) electrons. The molecule has 1 unspecified atom stereocenters. The van der Waals surface area contributed by atoms with Crippen molar-refractivity contribution in [3.05, 3.63) is 70.0 Å². The highest BCUT2D eigenvalue weighted by atomic mass is 35.5. The van der Waals surface area contributed by atoms with E-state index in [-0.39, 0.29) is 17.0 Å². The fraction of sp³-hybridized carbons (Fsp3) is 0.250. The van der Waals surface area contributed by atoms with E-state index >= 15 is 0 Å². The van der Waals surface area contributed by atoms with Crippen molar-refractivity contribution < 1.29 is 13.2 Å². The minimum Gasteiger partial charge on any atom is -0.310 e. The van der Waals surface area contributed by atoms with E-state index in [0.29, 0.717) is 12.1 Å². The molecule has 0 amide bonds. The van der Waals surface area contributed by atoms with Gasteiger partial charge in [-0.1, -0.05) is 42.8 Å². The summed E-state index contributed by atoms with van der Waals surface area (Å²) in [7, 11) is 0. The molecule has 1 nitrogen and oxygen atoms in total. The van der Waals surface area contributed by atoms with Crippen LogP contribution in [0.5, 0.6) is 0 Å². The lowest BCUT2D eigenvalue weighted by Gasteiger charge is -2.20. The number of benzene rings is 2. The Morgan fingerprint density at radius 3 is 2.48 bits per heavy atom. The highest BCUT2D eigenvalue weighted by molar-refractivity contribution is 6.30. The van der Waals surface area contributed by atoms with Gasteiger partial charge in [0.1, 0.15) is 5.82 Å². The molecule has 0 saturated heterocycles. The molecule has 0 aromatic heterocycles. The zero-order chi connectivity index (χ0) is 15.4. The SMILES string of the molecule is CCNC(Cc1cccc(F)c1F)c1cccc(Cl)c1F. The number of likely N-dealkylation sites (N-methyl/N-ethyl adjacent to an activating group) is 1. The maximum atomic E-state index is 14.1. The molecule has 2 aromatic rings. The summed E-state index contributed by atoms with van der Waals surface area (Å²) >= 11 is 5.78. The van der Waals surface area contributed by atoms with Gasteiger partial charge in [-0.25, -0.2) is 13.2 Å². The smallest absolute Gasteiger partial charge is 0.162 e. The first-order chi connectivity index (χ1) is 10.0. The molecule has 0 aliphatic heterocycles. The van der Waals surface area contributed by atoms with Gasteiger partial charge in [0.25, 0.3) is 0 Å². The van der Waals surface area contributed by atoms with Crippen LogP contribution in [0, 0.1) is 17.5 Å². The summed E-state index contributed by atoms with van der Waals surface area (Å²) in [6.07, 6.45) is 0.134. The predicted octanol–water partition coefficient (Wildman–Crippen LogP) is 4.65.